The topological polar surface area (TPSA) is 149 Å². The summed E-state index contributed by atoms with van der Waals surface area (Å²) in [4.78, 5) is 34.6. The second-order valence-electron chi connectivity index (χ2n) is 8.62. The standard InChI is InChI=1S/C22H22FNO2.C4H6O6/c1-15-5-4-11-24(15)12-10-18-14-17-13-16(8-9-21(17)26-18)22(25)19-6-2-3-7-20(19)23;5-1(3(7)8)2(6)4(9)10/h2-3,6-9,13-15H,4-5,10-12H2,1H3;1-2,5-6H,(H,7,8)(H,9,10)/t15-;1-,2-/m11/s1. The van der Waals surface area contributed by atoms with Crippen LogP contribution in [-0.4, -0.2) is 74.4 Å². The van der Waals surface area contributed by atoms with E-state index in [4.69, 9.17) is 24.8 Å². The van der Waals surface area contributed by atoms with E-state index >= 15 is 0 Å². The van der Waals surface area contributed by atoms with E-state index in [0.717, 1.165) is 36.2 Å². The van der Waals surface area contributed by atoms with Gasteiger partial charge >= 0.3 is 11.9 Å². The quantitative estimate of drug-likeness (QED) is 0.342. The fraction of sp³-hybridized carbons (Fsp3) is 0.346. The van der Waals surface area contributed by atoms with E-state index in [2.05, 4.69) is 11.8 Å². The third-order valence-electron chi connectivity index (χ3n) is 6.09. The highest BCUT2D eigenvalue weighted by Gasteiger charge is 2.29. The number of ketones is 1. The SMILES string of the molecule is C[C@@H]1CCCN1CCc1cc2cc(C(=O)c3ccccc3F)ccc2o1.O=C(O)[C@H](O)[C@@H](O)C(=O)O. The van der Waals surface area contributed by atoms with E-state index in [0.29, 0.717) is 11.6 Å². The number of carbonyl (C=O) groups excluding carboxylic acids is 1. The molecule has 0 amide bonds. The Labute approximate surface area is 206 Å². The van der Waals surface area contributed by atoms with Gasteiger partial charge in [0.1, 0.15) is 17.2 Å². The Hall–Kier alpha value is -3.60. The Kier molecular flexibility index (Phi) is 8.92. The molecule has 0 radical (unpaired) electrons. The zero-order valence-corrected chi connectivity index (χ0v) is 19.6. The minimum absolute atomic E-state index is 0.0959. The van der Waals surface area contributed by atoms with Gasteiger partial charge in [-0.25, -0.2) is 14.0 Å². The van der Waals surface area contributed by atoms with Crippen LogP contribution in [0.15, 0.2) is 52.9 Å². The van der Waals surface area contributed by atoms with E-state index < -0.39 is 30.0 Å². The van der Waals surface area contributed by atoms with Gasteiger partial charge in [0.25, 0.3) is 0 Å². The third-order valence-corrected chi connectivity index (χ3v) is 6.09. The molecule has 2 heterocycles. The number of aliphatic carboxylic acids is 2. The third kappa shape index (κ3) is 6.54. The molecule has 1 aliphatic heterocycles. The first kappa shape index (κ1) is 27.0. The van der Waals surface area contributed by atoms with E-state index in [9.17, 15) is 18.8 Å². The molecule has 0 bridgehead atoms. The number of carboxylic acids is 2. The minimum atomic E-state index is -2.27. The number of benzene rings is 2. The zero-order chi connectivity index (χ0) is 26.4. The van der Waals surface area contributed by atoms with Crippen LogP contribution in [-0.2, 0) is 16.0 Å². The van der Waals surface area contributed by atoms with Gasteiger partial charge in [-0.15, -0.1) is 0 Å². The molecule has 1 aromatic heterocycles. The molecule has 0 aliphatic carbocycles. The average molecular weight is 502 g/mol. The fourth-order valence-electron chi connectivity index (χ4n) is 4.01. The number of rotatable bonds is 8. The average Bonchev–Trinajstić information content (AvgIpc) is 3.46. The molecule has 36 heavy (non-hydrogen) atoms. The molecule has 0 unspecified atom stereocenters. The maximum absolute atomic E-state index is 13.9. The fourth-order valence-corrected chi connectivity index (χ4v) is 4.01. The summed E-state index contributed by atoms with van der Waals surface area (Å²) in [7, 11) is 0. The molecule has 0 spiro atoms. The van der Waals surface area contributed by atoms with Crippen molar-refractivity contribution in [3.05, 3.63) is 71.2 Å². The first-order chi connectivity index (χ1) is 17.1. The van der Waals surface area contributed by atoms with Gasteiger partial charge in [0, 0.05) is 30.0 Å². The zero-order valence-electron chi connectivity index (χ0n) is 19.6. The van der Waals surface area contributed by atoms with Gasteiger partial charge in [-0.1, -0.05) is 12.1 Å². The predicted molar refractivity (Wildman–Crippen MR) is 127 cm³/mol. The van der Waals surface area contributed by atoms with E-state index in [1.165, 1.54) is 25.0 Å². The van der Waals surface area contributed by atoms with Crippen LogP contribution in [0.2, 0.25) is 0 Å². The van der Waals surface area contributed by atoms with Crippen molar-refractivity contribution in [3.8, 4) is 0 Å². The summed E-state index contributed by atoms with van der Waals surface area (Å²) in [6.45, 7) is 4.41. The van der Waals surface area contributed by atoms with Gasteiger partial charge in [0.15, 0.2) is 18.0 Å². The summed E-state index contributed by atoms with van der Waals surface area (Å²) >= 11 is 0. The van der Waals surface area contributed by atoms with Gasteiger partial charge < -0.3 is 29.7 Å². The van der Waals surface area contributed by atoms with Crippen LogP contribution >= 0.6 is 0 Å². The van der Waals surface area contributed by atoms with Crippen LogP contribution in [0.1, 0.15) is 41.4 Å². The maximum Gasteiger partial charge on any atom is 0.335 e. The van der Waals surface area contributed by atoms with Crippen molar-refractivity contribution < 1.29 is 43.6 Å². The smallest absolute Gasteiger partial charge is 0.335 e. The number of nitrogens with zero attached hydrogens (tertiary/aromatic N) is 1. The second kappa shape index (κ2) is 11.9. The maximum atomic E-state index is 13.9. The van der Waals surface area contributed by atoms with Crippen LogP contribution < -0.4 is 0 Å². The Morgan fingerprint density at radius 1 is 1.06 bits per heavy atom. The van der Waals surface area contributed by atoms with Crippen LogP contribution in [0.4, 0.5) is 4.39 Å². The Morgan fingerprint density at radius 2 is 1.72 bits per heavy atom. The van der Waals surface area contributed by atoms with Crippen LogP contribution in [0.25, 0.3) is 11.0 Å². The number of likely N-dealkylation sites (tertiary alicyclic amines) is 1. The summed E-state index contributed by atoms with van der Waals surface area (Å²) < 4.78 is 19.8. The highest BCUT2D eigenvalue weighted by Crippen LogP contribution is 2.24. The molecular formula is C26H28FNO8. The Morgan fingerprint density at radius 3 is 2.31 bits per heavy atom. The lowest BCUT2D eigenvalue weighted by Gasteiger charge is -2.19. The van der Waals surface area contributed by atoms with Crippen molar-refractivity contribution in [1.29, 1.82) is 0 Å². The molecule has 4 N–H and O–H groups in total. The first-order valence-electron chi connectivity index (χ1n) is 11.5. The van der Waals surface area contributed by atoms with Gasteiger partial charge in [-0.2, -0.15) is 0 Å². The van der Waals surface area contributed by atoms with Crippen molar-refractivity contribution in [2.45, 2.75) is 44.4 Å². The van der Waals surface area contributed by atoms with E-state index in [1.807, 2.05) is 6.07 Å². The molecule has 1 saturated heterocycles. The number of hydrogen-bond donors (Lipinski definition) is 4. The van der Waals surface area contributed by atoms with Crippen LogP contribution in [0, 0.1) is 5.82 Å². The number of furan rings is 1. The molecule has 192 valence electrons. The highest BCUT2D eigenvalue weighted by molar-refractivity contribution is 6.10. The van der Waals surface area contributed by atoms with Gasteiger partial charge in [0.2, 0.25) is 0 Å². The number of halogens is 1. The normalized spacial score (nSPS) is 17.3. The molecule has 1 aliphatic rings. The van der Waals surface area contributed by atoms with Crippen molar-refractivity contribution in [1.82, 2.24) is 4.90 Å². The number of hydrogen-bond acceptors (Lipinski definition) is 7. The molecule has 3 atom stereocenters. The summed E-state index contributed by atoms with van der Waals surface area (Å²) in [5, 5.41) is 33.4. The van der Waals surface area contributed by atoms with Crippen molar-refractivity contribution in [3.63, 3.8) is 0 Å². The molecule has 1 fully saturated rings. The van der Waals surface area contributed by atoms with Gasteiger partial charge in [0.05, 0.1) is 5.56 Å². The second-order valence-corrected chi connectivity index (χ2v) is 8.62. The lowest BCUT2D eigenvalue weighted by Crippen LogP contribution is -2.39. The van der Waals surface area contributed by atoms with E-state index in [-0.39, 0.29) is 11.3 Å². The number of carbonyl (C=O) groups is 3. The molecule has 2 aromatic carbocycles. The molecule has 9 nitrogen and oxygen atoms in total. The number of fused-ring (bicyclic) bond motifs is 1. The molecule has 3 aromatic rings. The minimum Gasteiger partial charge on any atom is -0.479 e. The molecule has 4 rings (SSSR count). The monoisotopic (exact) mass is 501 g/mol. The van der Waals surface area contributed by atoms with Crippen molar-refractivity contribution in [2.24, 2.45) is 0 Å². The first-order valence-corrected chi connectivity index (χ1v) is 11.5. The number of carboxylic acid groups (broad SMARTS) is 2. The Balaban J connectivity index is 0.000000308. The lowest BCUT2D eigenvalue weighted by molar-refractivity contribution is -0.165. The van der Waals surface area contributed by atoms with Crippen molar-refractivity contribution >= 4 is 28.7 Å². The number of aliphatic hydroxyl groups is 2. The molecule has 10 heteroatoms. The number of aliphatic hydroxyl groups excluding tert-OH is 2. The summed E-state index contributed by atoms with van der Waals surface area (Å²) in [6, 6.07) is 14.0. The molecular weight excluding hydrogens is 473 g/mol. The predicted octanol–water partition coefficient (Wildman–Crippen LogP) is 2.71. The lowest BCUT2D eigenvalue weighted by atomic mass is 10.0. The van der Waals surface area contributed by atoms with E-state index in [1.54, 1.807) is 30.3 Å². The van der Waals surface area contributed by atoms with Crippen molar-refractivity contribution in [2.75, 3.05) is 13.1 Å². The van der Waals surface area contributed by atoms with Crippen LogP contribution in [0.5, 0.6) is 0 Å². The summed E-state index contributed by atoms with van der Waals surface area (Å²) in [5.41, 5.74) is 1.33. The largest absolute Gasteiger partial charge is 0.479 e. The van der Waals surface area contributed by atoms with Gasteiger partial charge in [-0.05, 0) is 62.7 Å². The highest BCUT2D eigenvalue weighted by atomic mass is 19.1. The van der Waals surface area contributed by atoms with Crippen LogP contribution in [0.3, 0.4) is 0 Å². The molecule has 0 saturated carbocycles. The summed E-state index contributed by atoms with van der Waals surface area (Å²) in [5.74, 6) is -3.41. The Bertz CT molecular complexity index is 1220. The van der Waals surface area contributed by atoms with Gasteiger partial charge in [-0.3, -0.25) is 4.79 Å². The summed E-state index contributed by atoms with van der Waals surface area (Å²) in [6.07, 6.45) is -1.14.